The van der Waals surface area contributed by atoms with Crippen LogP contribution in [0.3, 0.4) is 0 Å². The van der Waals surface area contributed by atoms with E-state index in [1.807, 2.05) is 0 Å². The molecule has 0 unspecified atom stereocenters. The van der Waals surface area contributed by atoms with Crippen molar-refractivity contribution in [1.82, 2.24) is 9.21 Å². The van der Waals surface area contributed by atoms with E-state index in [4.69, 9.17) is 21.1 Å². The van der Waals surface area contributed by atoms with E-state index in [-0.39, 0.29) is 23.0 Å². The lowest BCUT2D eigenvalue weighted by atomic mass is 9.96. The fourth-order valence-electron chi connectivity index (χ4n) is 3.04. The molecule has 1 aromatic heterocycles. The normalized spacial score (nSPS) is 20.5. The first-order valence-corrected chi connectivity index (χ1v) is 10.7. The number of halogens is 1. The number of nitrogens with zero attached hydrogens (tertiary/aromatic N) is 2. The zero-order chi connectivity index (χ0) is 18.0. The third-order valence-electron chi connectivity index (χ3n) is 4.50. The second kappa shape index (κ2) is 7.89. The maximum Gasteiger partial charge on any atom is 0.252 e. The van der Waals surface area contributed by atoms with Gasteiger partial charge in [0.2, 0.25) is 5.91 Å². The van der Waals surface area contributed by atoms with Gasteiger partial charge in [-0.05, 0) is 25.0 Å². The van der Waals surface area contributed by atoms with Crippen molar-refractivity contribution in [2.75, 3.05) is 39.9 Å². The molecule has 2 saturated heterocycles. The Bertz CT molecular complexity index is 709. The lowest BCUT2D eigenvalue weighted by Crippen LogP contribution is -2.46. The summed E-state index contributed by atoms with van der Waals surface area (Å²) < 4.78 is 37.6. The SMILES string of the molecule is CN(CC(=O)N1CCC(C2OCCO2)CC1)S(=O)(=O)c1ccc(Cl)s1. The van der Waals surface area contributed by atoms with Crippen molar-refractivity contribution in [3.63, 3.8) is 0 Å². The fraction of sp³-hybridized carbons (Fsp3) is 0.667. The Hall–Kier alpha value is -0.710. The molecule has 2 aliphatic heterocycles. The topological polar surface area (TPSA) is 76.2 Å². The van der Waals surface area contributed by atoms with E-state index < -0.39 is 10.0 Å². The van der Waals surface area contributed by atoms with Gasteiger partial charge in [0.25, 0.3) is 10.0 Å². The Kier molecular flexibility index (Phi) is 6.02. The van der Waals surface area contributed by atoms with Gasteiger partial charge in [0.1, 0.15) is 4.21 Å². The van der Waals surface area contributed by atoms with Crippen LogP contribution >= 0.6 is 22.9 Å². The number of thiophene rings is 1. The highest BCUT2D eigenvalue weighted by atomic mass is 35.5. The molecule has 0 radical (unpaired) electrons. The largest absolute Gasteiger partial charge is 0.350 e. The standard InChI is InChI=1S/C15H21ClN2O5S2/c1-17(25(20,21)14-3-2-12(16)24-14)10-13(19)18-6-4-11(5-7-18)15-22-8-9-23-15/h2-3,11,15H,4-10H2,1H3. The maximum absolute atomic E-state index is 12.5. The molecule has 1 aromatic rings. The number of sulfonamides is 1. The molecule has 1 amide bonds. The number of rotatable bonds is 5. The van der Waals surface area contributed by atoms with Gasteiger partial charge in [-0.3, -0.25) is 4.79 Å². The molecule has 3 heterocycles. The molecule has 7 nitrogen and oxygen atoms in total. The van der Waals surface area contributed by atoms with Crippen molar-refractivity contribution in [1.29, 1.82) is 0 Å². The number of likely N-dealkylation sites (N-methyl/N-ethyl adjacent to an activating group) is 1. The van der Waals surface area contributed by atoms with E-state index >= 15 is 0 Å². The zero-order valence-corrected chi connectivity index (χ0v) is 16.3. The number of likely N-dealkylation sites (tertiary alicyclic amines) is 1. The van der Waals surface area contributed by atoms with Crippen molar-refractivity contribution in [2.24, 2.45) is 5.92 Å². The summed E-state index contributed by atoms with van der Waals surface area (Å²) in [5, 5.41) is 0. The number of piperidine rings is 1. The summed E-state index contributed by atoms with van der Waals surface area (Å²) in [6.45, 7) is 2.24. The summed E-state index contributed by atoms with van der Waals surface area (Å²) in [7, 11) is -2.29. The number of ether oxygens (including phenoxy) is 2. The third-order valence-corrected chi connectivity index (χ3v) is 8.00. The average molecular weight is 409 g/mol. The monoisotopic (exact) mass is 408 g/mol. The van der Waals surface area contributed by atoms with Crippen LogP contribution in [0.2, 0.25) is 4.34 Å². The molecular weight excluding hydrogens is 388 g/mol. The third kappa shape index (κ3) is 4.35. The van der Waals surface area contributed by atoms with E-state index in [2.05, 4.69) is 0 Å². The molecular formula is C15H21ClN2O5S2. The van der Waals surface area contributed by atoms with Crippen LogP contribution in [-0.2, 0) is 24.3 Å². The quantitative estimate of drug-likeness (QED) is 0.740. The van der Waals surface area contributed by atoms with Crippen molar-refractivity contribution in [2.45, 2.75) is 23.3 Å². The minimum absolute atomic E-state index is 0.141. The van der Waals surface area contributed by atoms with E-state index in [0.29, 0.717) is 36.6 Å². The first-order valence-electron chi connectivity index (χ1n) is 8.10. The van der Waals surface area contributed by atoms with Crippen LogP contribution in [0, 0.1) is 5.92 Å². The van der Waals surface area contributed by atoms with Gasteiger partial charge in [-0.1, -0.05) is 11.6 Å². The highest BCUT2D eigenvalue weighted by Crippen LogP contribution is 2.28. The molecule has 0 atom stereocenters. The van der Waals surface area contributed by atoms with Crippen molar-refractivity contribution in [3.8, 4) is 0 Å². The highest BCUT2D eigenvalue weighted by Gasteiger charge is 2.33. The zero-order valence-electron chi connectivity index (χ0n) is 13.9. The van der Waals surface area contributed by atoms with Gasteiger partial charge < -0.3 is 14.4 Å². The van der Waals surface area contributed by atoms with Gasteiger partial charge in [-0.15, -0.1) is 11.3 Å². The Labute approximate surface area is 156 Å². The van der Waals surface area contributed by atoms with Gasteiger partial charge in [0, 0.05) is 26.1 Å². The van der Waals surface area contributed by atoms with Crippen molar-refractivity contribution >= 4 is 38.9 Å². The number of amides is 1. The summed E-state index contributed by atoms with van der Waals surface area (Å²) in [6, 6.07) is 2.99. The van der Waals surface area contributed by atoms with Crippen LogP contribution in [0.5, 0.6) is 0 Å². The molecule has 3 rings (SSSR count). The van der Waals surface area contributed by atoms with Crippen LogP contribution in [0.4, 0.5) is 0 Å². The molecule has 25 heavy (non-hydrogen) atoms. The lowest BCUT2D eigenvalue weighted by molar-refractivity contribution is -0.136. The Morgan fingerprint density at radius 1 is 1.32 bits per heavy atom. The first kappa shape index (κ1) is 19.1. The van der Waals surface area contributed by atoms with Crippen LogP contribution in [0.25, 0.3) is 0 Å². The summed E-state index contributed by atoms with van der Waals surface area (Å²) in [5.41, 5.74) is 0. The second-order valence-corrected chi connectivity index (χ2v) is 10.1. The van der Waals surface area contributed by atoms with E-state index in [9.17, 15) is 13.2 Å². The van der Waals surface area contributed by atoms with Gasteiger partial charge >= 0.3 is 0 Å². The number of hydrogen-bond acceptors (Lipinski definition) is 6. The summed E-state index contributed by atoms with van der Waals surface area (Å²) in [5.74, 6) is 0.0988. The van der Waals surface area contributed by atoms with Crippen LogP contribution < -0.4 is 0 Å². The minimum Gasteiger partial charge on any atom is -0.350 e. The van der Waals surface area contributed by atoms with Crippen molar-refractivity contribution < 1.29 is 22.7 Å². The van der Waals surface area contributed by atoms with E-state index in [0.717, 1.165) is 28.5 Å². The molecule has 0 aromatic carbocycles. The van der Waals surface area contributed by atoms with Crippen LogP contribution in [0.1, 0.15) is 12.8 Å². The van der Waals surface area contributed by atoms with Gasteiger partial charge in [-0.2, -0.15) is 4.31 Å². The molecule has 10 heteroatoms. The van der Waals surface area contributed by atoms with E-state index in [1.54, 1.807) is 4.90 Å². The lowest BCUT2D eigenvalue weighted by Gasteiger charge is -2.34. The number of hydrogen-bond donors (Lipinski definition) is 0. The fourth-order valence-corrected chi connectivity index (χ4v) is 5.85. The van der Waals surface area contributed by atoms with Crippen LogP contribution in [0.15, 0.2) is 16.3 Å². The van der Waals surface area contributed by atoms with Gasteiger partial charge in [0.05, 0.1) is 24.1 Å². The first-order chi connectivity index (χ1) is 11.9. The average Bonchev–Trinajstić information content (AvgIpc) is 3.26. The van der Waals surface area contributed by atoms with E-state index in [1.165, 1.54) is 19.2 Å². The van der Waals surface area contributed by atoms with Gasteiger partial charge in [-0.25, -0.2) is 8.42 Å². The molecule has 0 spiro atoms. The molecule has 0 bridgehead atoms. The summed E-state index contributed by atoms with van der Waals surface area (Å²) >= 11 is 6.79. The molecule has 0 saturated carbocycles. The Morgan fingerprint density at radius 3 is 2.52 bits per heavy atom. The smallest absolute Gasteiger partial charge is 0.252 e. The van der Waals surface area contributed by atoms with Gasteiger partial charge in [0.15, 0.2) is 6.29 Å². The Morgan fingerprint density at radius 2 is 1.96 bits per heavy atom. The molecule has 0 aliphatic carbocycles. The Balaban J connectivity index is 1.53. The predicted octanol–water partition coefficient (Wildman–Crippen LogP) is 1.63. The molecule has 140 valence electrons. The minimum atomic E-state index is -3.70. The predicted molar refractivity (Wildman–Crippen MR) is 94.1 cm³/mol. The summed E-state index contributed by atoms with van der Waals surface area (Å²) in [4.78, 5) is 14.2. The maximum atomic E-state index is 12.5. The summed E-state index contributed by atoms with van der Waals surface area (Å²) in [6.07, 6.45) is 1.43. The highest BCUT2D eigenvalue weighted by molar-refractivity contribution is 7.91. The van der Waals surface area contributed by atoms with Crippen molar-refractivity contribution in [3.05, 3.63) is 16.5 Å². The number of carbonyl (C=O) groups excluding carboxylic acids is 1. The second-order valence-electron chi connectivity index (χ2n) is 6.15. The molecule has 2 fully saturated rings. The number of carbonyl (C=O) groups is 1. The molecule has 0 N–H and O–H groups in total. The molecule has 2 aliphatic rings. The van der Waals surface area contributed by atoms with Crippen LogP contribution in [-0.4, -0.2) is 69.7 Å².